The second-order valence-electron chi connectivity index (χ2n) is 20.7. The Kier molecular flexibility index (Phi) is 11.6. The number of piperazine rings is 1. The third-order valence-electron chi connectivity index (χ3n) is 16.4. The van der Waals surface area contributed by atoms with Crippen molar-refractivity contribution in [1.29, 1.82) is 0 Å². The van der Waals surface area contributed by atoms with Crippen molar-refractivity contribution in [3.8, 4) is 5.75 Å². The van der Waals surface area contributed by atoms with Crippen LogP contribution in [-0.2, 0) is 28.6 Å². The molecule has 1 aromatic carbocycles. The van der Waals surface area contributed by atoms with Crippen LogP contribution in [0.5, 0.6) is 5.75 Å². The van der Waals surface area contributed by atoms with Gasteiger partial charge in [0.05, 0.1) is 24.1 Å². The van der Waals surface area contributed by atoms with Crippen LogP contribution in [0.4, 0.5) is 14.9 Å². The van der Waals surface area contributed by atoms with E-state index in [2.05, 4.69) is 6.92 Å². The largest absolute Gasteiger partial charge is 0.492 e. The number of fused-ring (bicyclic) bond motifs is 6. The molecule has 0 bridgehead atoms. The average Bonchev–Trinajstić information content (AvgIpc) is 4.01. The number of aromatic nitrogens is 1. The second kappa shape index (κ2) is 16.2. The molecule has 0 radical (unpaired) electrons. The Morgan fingerprint density at radius 1 is 1.00 bits per heavy atom. The molecule has 1 amide bonds. The number of allylic oxidation sites excluding steroid dienone is 1. The van der Waals surface area contributed by atoms with E-state index < -0.39 is 70.1 Å². The van der Waals surface area contributed by atoms with Crippen LogP contribution < -0.4 is 15.1 Å². The fraction of sp³-hybridized carbons (Fsp3) is 0.673. The molecule has 2 N–H and O–H groups in total. The zero-order valence-corrected chi connectivity index (χ0v) is 39.3. The van der Waals surface area contributed by atoms with Crippen LogP contribution in [0.25, 0.3) is 10.9 Å². The number of rotatable bonds is 9. The van der Waals surface area contributed by atoms with E-state index in [1.165, 1.54) is 46.6 Å². The summed E-state index contributed by atoms with van der Waals surface area (Å²) in [5.74, 6) is -3.15. The van der Waals surface area contributed by atoms with Gasteiger partial charge in [0, 0.05) is 68.7 Å². The Hall–Kier alpha value is -4.83. The number of aliphatic hydroxyl groups is 2. The molecule has 2 heterocycles. The lowest BCUT2D eigenvalue weighted by Gasteiger charge is -2.60. The minimum Gasteiger partial charge on any atom is -0.492 e. The van der Waals surface area contributed by atoms with Crippen LogP contribution in [-0.4, -0.2) is 106 Å². The van der Waals surface area contributed by atoms with Gasteiger partial charge < -0.3 is 43.5 Å². The number of hydrogen-bond donors (Lipinski definition) is 2. The van der Waals surface area contributed by atoms with Crippen molar-refractivity contribution in [1.82, 2.24) is 9.47 Å². The molecule has 0 spiro atoms. The predicted octanol–water partition coefficient (Wildman–Crippen LogP) is 6.40. The van der Waals surface area contributed by atoms with Crippen LogP contribution in [0, 0.1) is 48.2 Å². The number of aryl methyl sites for hydroxylation is 1. The van der Waals surface area contributed by atoms with Gasteiger partial charge in [0.2, 0.25) is 17.5 Å². The first-order valence-corrected chi connectivity index (χ1v) is 23.2. The summed E-state index contributed by atoms with van der Waals surface area (Å²) in [5.41, 5.74) is -4.69. The molecule has 15 nitrogen and oxygen atoms in total. The number of ketones is 2. The smallest absolute Gasteiger partial charge is 0.413 e. The number of halogens is 1. The van der Waals surface area contributed by atoms with E-state index in [-0.39, 0.29) is 101 Å². The molecule has 1 saturated heterocycles. The maximum absolute atomic E-state index is 17.0. The van der Waals surface area contributed by atoms with Gasteiger partial charge in [0.15, 0.2) is 23.0 Å². The predicted molar refractivity (Wildman–Crippen MR) is 236 cm³/mol. The van der Waals surface area contributed by atoms with E-state index in [0.29, 0.717) is 44.0 Å². The van der Waals surface area contributed by atoms with E-state index >= 15 is 4.39 Å². The van der Waals surface area contributed by atoms with Gasteiger partial charge in [-0.3, -0.25) is 19.2 Å². The van der Waals surface area contributed by atoms with E-state index in [0.717, 1.165) is 12.0 Å². The third kappa shape index (κ3) is 7.26. The number of benzene rings is 1. The van der Waals surface area contributed by atoms with Gasteiger partial charge in [-0.2, -0.15) is 0 Å². The van der Waals surface area contributed by atoms with Crippen molar-refractivity contribution in [2.75, 3.05) is 31.6 Å². The van der Waals surface area contributed by atoms with E-state index in [4.69, 9.17) is 18.9 Å². The number of carbonyl (C=O) groups excluding carboxylic acids is 5. The molecule has 9 atom stereocenters. The SMILES string of the molecule is COc1c(N2CCN(C(=O)OC(C)OC(C)=O)C(C)C2)c(F)c(C)c2c(=O)c(C(=O)OC(C)(C)C(=O)[C@@]3(O)CC[C@H]4[C@@H]5CCC6=CC(=O)CC[C@]6(C)[C@H]5[C@@H](O)C[C@@]43C)c(C)n(C3CC3)c12. The van der Waals surface area contributed by atoms with Gasteiger partial charge in [-0.25, -0.2) is 14.0 Å². The Labute approximate surface area is 378 Å². The third-order valence-corrected chi connectivity index (χ3v) is 16.4. The van der Waals surface area contributed by atoms with Crippen LogP contribution >= 0.6 is 0 Å². The van der Waals surface area contributed by atoms with E-state index in [9.17, 15) is 39.0 Å². The first-order valence-electron chi connectivity index (χ1n) is 23.2. The van der Waals surface area contributed by atoms with Crippen molar-refractivity contribution >= 4 is 46.2 Å². The van der Waals surface area contributed by atoms with Gasteiger partial charge in [-0.15, -0.1) is 0 Å². The zero-order chi connectivity index (χ0) is 47.5. The monoisotopic (exact) mass is 905 g/mol. The summed E-state index contributed by atoms with van der Waals surface area (Å²) in [6.45, 7) is 14.8. The first-order chi connectivity index (χ1) is 30.4. The summed E-state index contributed by atoms with van der Waals surface area (Å²) in [5, 5.41) is 24.5. The fourth-order valence-electron chi connectivity index (χ4n) is 13.2. The van der Waals surface area contributed by atoms with Crippen LogP contribution in [0.3, 0.4) is 0 Å². The Morgan fingerprint density at radius 3 is 2.32 bits per heavy atom. The fourth-order valence-corrected chi connectivity index (χ4v) is 13.2. The lowest BCUT2D eigenvalue weighted by Crippen LogP contribution is -2.64. The summed E-state index contributed by atoms with van der Waals surface area (Å²) >= 11 is 0. The lowest BCUT2D eigenvalue weighted by molar-refractivity contribution is -0.190. The van der Waals surface area contributed by atoms with Gasteiger partial charge in [0.1, 0.15) is 16.9 Å². The van der Waals surface area contributed by atoms with Crippen LogP contribution in [0.2, 0.25) is 0 Å². The zero-order valence-electron chi connectivity index (χ0n) is 39.3. The summed E-state index contributed by atoms with van der Waals surface area (Å²) < 4.78 is 41.1. The molecular weight excluding hydrogens is 842 g/mol. The van der Waals surface area contributed by atoms with Crippen molar-refractivity contribution in [3.63, 3.8) is 0 Å². The highest BCUT2D eigenvalue weighted by Gasteiger charge is 2.70. The minimum atomic E-state index is -1.96. The number of nitrogens with zero attached hydrogens (tertiary/aromatic N) is 3. The molecule has 5 aliphatic carbocycles. The lowest BCUT2D eigenvalue weighted by atomic mass is 9.45. The Balaban J connectivity index is 1.09. The normalized spacial score (nSPS) is 31.6. The maximum atomic E-state index is 17.0. The van der Waals surface area contributed by atoms with Gasteiger partial charge in [-0.1, -0.05) is 19.4 Å². The molecule has 5 fully saturated rings. The van der Waals surface area contributed by atoms with Gasteiger partial charge >= 0.3 is 18.0 Å². The molecule has 8 rings (SSSR count). The average molecular weight is 906 g/mol. The summed E-state index contributed by atoms with van der Waals surface area (Å²) in [7, 11) is 1.39. The molecule has 2 unspecified atom stereocenters. The maximum Gasteiger partial charge on any atom is 0.413 e. The number of esters is 2. The molecule has 354 valence electrons. The van der Waals surface area contributed by atoms with E-state index in [1.54, 1.807) is 24.8 Å². The minimum absolute atomic E-state index is 0.00879. The topological polar surface area (TPSA) is 191 Å². The Morgan fingerprint density at radius 2 is 1.69 bits per heavy atom. The van der Waals surface area contributed by atoms with Crippen LogP contribution in [0.1, 0.15) is 134 Å². The number of carbonyl (C=O) groups is 5. The highest BCUT2D eigenvalue weighted by molar-refractivity contribution is 6.03. The standard InChI is InChI=1S/C49H64FN3O12/c1-24-23-51(19-20-52(24)45(60)64-28(5)63-27(4)54)40-38(50)25(2)35-39(42(40)62-10)53(30-12-13-30)26(3)36(41(35)57)43(58)65-46(6,7)44(59)49(61)18-16-33-32-14-11-29-21-31(55)15-17-47(29,8)37(32)34(56)22-48(33,49)9/h21,24,28,30,32-34,37,56,61H,11-20,22-23H2,1-10H3/t24?,28?,32-,33-,34-,37+,47-,48-,49-/m0/s1. The molecule has 4 saturated carbocycles. The number of Topliss-reactive ketones (excluding diaryl/α,β-unsaturated/α-hetero) is 1. The number of ether oxygens (including phenoxy) is 4. The highest BCUT2D eigenvalue weighted by atomic mass is 19.1. The second-order valence-corrected chi connectivity index (χ2v) is 20.7. The number of aliphatic hydroxyl groups excluding tert-OH is 1. The molecule has 65 heavy (non-hydrogen) atoms. The molecule has 1 aromatic heterocycles. The molecule has 16 heteroatoms. The number of anilines is 1. The first kappa shape index (κ1) is 46.7. The van der Waals surface area contributed by atoms with Crippen molar-refractivity contribution in [2.24, 2.45) is 28.6 Å². The summed E-state index contributed by atoms with van der Waals surface area (Å²) in [6, 6.07) is -0.630. The quantitative estimate of drug-likeness (QED) is 0.208. The molecule has 2 aromatic rings. The number of amides is 1. The summed E-state index contributed by atoms with van der Waals surface area (Å²) in [6.07, 6.45) is 3.88. The van der Waals surface area contributed by atoms with Gasteiger partial charge in [-0.05, 0) is 115 Å². The molecule has 1 aliphatic heterocycles. The highest BCUT2D eigenvalue weighted by Crippen LogP contribution is 2.68. The van der Waals surface area contributed by atoms with Crippen molar-refractivity contribution in [2.45, 2.75) is 156 Å². The van der Waals surface area contributed by atoms with Crippen molar-refractivity contribution < 1.29 is 57.5 Å². The molecule has 6 aliphatic rings. The van der Waals surface area contributed by atoms with Gasteiger partial charge in [0.25, 0.3) is 0 Å². The van der Waals surface area contributed by atoms with Crippen LogP contribution in [0.15, 0.2) is 16.4 Å². The number of methoxy groups -OCH3 is 1. The number of hydrogen-bond acceptors (Lipinski definition) is 13. The summed E-state index contributed by atoms with van der Waals surface area (Å²) in [4.78, 5) is 84.1. The Bertz CT molecular complexity index is 2480. The van der Waals surface area contributed by atoms with E-state index in [1.807, 2.05) is 11.5 Å². The number of pyridine rings is 1. The molecular formula is C49H64FN3O12. The van der Waals surface area contributed by atoms with Crippen molar-refractivity contribution in [3.05, 3.63) is 44.5 Å².